The Balaban J connectivity index is 2.57. The van der Waals surface area contributed by atoms with Crippen LogP contribution in [0.25, 0.3) is 0 Å². The van der Waals surface area contributed by atoms with Crippen LogP contribution in [-0.2, 0) is 4.74 Å². The summed E-state index contributed by atoms with van der Waals surface area (Å²) in [6.07, 6.45) is 1.59. The Kier molecular flexibility index (Phi) is 6.60. The van der Waals surface area contributed by atoms with Crippen LogP contribution in [0.15, 0.2) is 41.9 Å². The normalized spacial score (nSPS) is 12.9. The number of ether oxygens (including phenoxy) is 1. The number of benzene rings is 1. The summed E-state index contributed by atoms with van der Waals surface area (Å²) in [6, 6.07) is 6.27. The maximum absolute atomic E-state index is 12.9. The second kappa shape index (κ2) is 8.26. The summed E-state index contributed by atoms with van der Waals surface area (Å²) in [5, 5.41) is 6.21. The van der Waals surface area contributed by atoms with Crippen LogP contribution >= 0.6 is 0 Å². The highest BCUT2D eigenvalue weighted by atomic mass is 19.1. The van der Waals surface area contributed by atoms with Crippen molar-refractivity contribution in [2.45, 2.75) is 6.10 Å². The second-order valence-electron chi connectivity index (χ2n) is 3.90. The topological polar surface area (TPSA) is 45.7 Å². The Morgan fingerprint density at radius 3 is 2.63 bits per heavy atom. The minimum Gasteiger partial charge on any atom is -0.375 e. The van der Waals surface area contributed by atoms with Crippen molar-refractivity contribution in [2.24, 2.45) is 4.99 Å². The number of rotatable bonds is 6. The van der Waals surface area contributed by atoms with E-state index in [0.29, 0.717) is 19.0 Å². The first-order valence-electron chi connectivity index (χ1n) is 6.05. The van der Waals surface area contributed by atoms with Crippen LogP contribution in [0.1, 0.15) is 11.7 Å². The molecule has 0 amide bonds. The van der Waals surface area contributed by atoms with E-state index in [1.807, 2.05) is 0 Å². The fraction of sp³-hybridized carbons (Fsp3) is 0.357. The van der Waals surface area contributed by atoms with Crippen molar-refractivity contribution >= 4 is 5.96 Å². The molecule has 1 aromatic carbocycles. The molecule has 0 aliphatic carbocycles. The fourth-order valence-corrected chi connectivity index (χ4v) is 1.59. The number of methoxy groups -OCH3 is 1. The van der Waals surface area contributed by atoms with Gasteiger partial charge < -0.3 is 15.4 Å². The summed E-state index contributed by atoms with van der Waals surface area (Å²) in [5.74, 6) is 0.416. The molecule has 0 saturated heterocycles. The van der Waals surface area contributed by atoms with E-state index in [9.17, 15) is 4.39 Å². The molecular weight excluding hydrogens is 245 g/mol. The van der Waals surface area contributed by atoms with Crippen molar-refractivity contribution in [3.8, 4) is 0 Å². The van der Waals surface area contributed by atoms with E-state index in [1.165, 1.54) is 12.1 Å². The highest BCUT2D eigenvalue weighted by Gasteiger charge is 2.11. The average Bonchev–Trinajstić information content (AvgIpc) is 2.44. The van der Waals surface area contributed by atoms with Gasteiger partial charge in [0.15, 0.2) is 5.96 Å². The van der Waals surface area contributed by atoms with Crippen molar-refractivity contribution in [3.05, 3.63) is 48.3 Å². The molecular formula is C14H20FN3O. The van der Waals surface area contributed by atoms with Crippen molar-refractivity contribution < 1.29 is 9.13 Å². The van der Waals surface area contributed by atoms with E-state index < -0.39 is 0 Å². The number of nitrogens with zero attached hydrogens (tertiary/aromatic N) is 1. The van der Waals surface area contributed by atoms with E-state index in [0.717, 1.165) is 5.56 Å². The maximum Gasteiger partial charge on any atom is 0.191 e. The lowest BCUT2D eigenvalue weighted by Gasteiger charge is -2.18. The Labute approximate surface area is 113 Å². The molecule has 1 aromatic rings. The smallest absolute Gasteiger partial charge is 0.191 e. The molecule has 1 unspecified atom stereocenters. The molecule has 0 heterocycles. The number of nitrogens with one attached hydrogen (secondary N) is 2. The van der Waals surface area contributed by atoms with Crippen LogP contribution in [-0.4, -0.2) is 33.2 Å². The predicted molar refractivity (Wildman–Crippen MR) is 75.7 cm³/mol. The van der Waals surface area contributed by atoms with Crippen LogP contribution in [0.2, 0.25) is 0 Å². The van der Waals surface area contributed by atoms with Gasteiger partial charge in [-0.25, -0.2) is 4.39 Å². The molecule has 0 saturated carbocycles. The summed E-state index contributed by atoms with van der Waals surface area (Å²) >= 11 is 0. The fourth-order valence-electron chi connectivity index (χ4n) is 1.59. The molecule has 2 N–H and O–H groups in total. The summed E-state index contributed by atoms with van der Waals surface area (Å²) in [6.45, 7) is 4.80. The maximum atomic E-state index is 12.9. The Bertz CT molecular complexity index is 417. The van der Waals surface area contributed by atoms with Gasteiger partial charge in [0.05, 0.1) is 6.10 Å². The first-order valence-corrected chi connectivity index (χ1v) is 6.05. The van der Waals surface area contributed by atoms with Gasteiger partial charge in [0.25, 0.3) is 0 Å². The van der Waals surface area contributed by atoms with E-state index in [2.05, 4.69) is 22.2 Å². The lowest BCUT2D eigenvalue weighted by Crippen LogP contribution is -2.39. The Morgan fingerprint density at radius 1 is 1.42 bits per heavy atom. The van der Waals surface area contributed by atoms with E-state index in [4.69, 9.17) is 4.74 Å². The number of aliphatic imine (C=N–C) groups is 1. The van der Waals surface area contributed by atoms with Gasteiger partial charge in [0.1, 0.15) is 5.82 Å². The van der Waals surface area contributed by atoms with Crippen molar-refractivity contribution in [1.29, 1.82) is 0 Å². The van der Waals surface area contributed by atoms with Crippen molar-refractivity contribution in [3.63, 3.8) is 0 Å². The minimum absolute atomic E-state index is 0.164. The molecule has 4 nitrogen and oxygen atoms in total. The number of hydrogen-bond donors (Lipinski definition) is 2. The molecule has 104 valence electrons. The molecule has 0 aromatic heterocycles. The standard InChI is InChI=1S/C14H20FN3O/c1-4-9-17-14(16-2)18-10-13(19-3)11-5-7-12(15)8-6-11/h4-8,13H,1,9-10H2,2-3H3,(H2,16,17,18). The van der Waals surface area contributed by atoms with Gasteiger partial charge in [-0.1, -0.05) is 18.2 Å². The van der Waals surface area contributed by atoms with Crippen molar-refractivity contribution in [1.82, 2.24) is 10.6 Å². The summed E-state index contributed by atoms with van der Waals surface area (Å²) in [7, 11) is 3.31. The molecule has 0 aliphatic heterocycles. The predicted octanol–water partition coefficient (Wildman–Crippen LogP) is 1.86. The largest absolute Gasteiger partial charge is 0.375 e. The third-order valence-electron chi connectivity index (χ3n) is 2.62. The molecule has 0 aliphatic rings. The van der Waals surface area contributed by atoms with Crippen LogP contribution in [0.3, 0.4) is 0 Å². The molecule has 0 fully saturated rings. The van der Waals surface area contributed by atoms with Gasteiger partial charge in [0, 0.05) is 27.2 Å². The molecule has 5 heteroatoms. The molecule has 0 radical (unpaired) electrons. The lowest BCUT2D eigenvalue weighted by atomic mass is 10.1. The summed E-state index contributed by atoms with van der Waals surface area (Å²) < 4.78 is 18.3. The first-order chi connectivity index (χ1) is 9.21. The summed E-state index contributed by atoms with van der Waals surface area (Å²) in [4.78, 5) is 4.07. The van der Waals surface area contributed by atoms with Gasteiger partial charge in [0.2, 0.25) is 0 Å². The quantitative estimate of drug-likeness (QED) is 0.469. The second-order valence-corrected chi connectivity index (χ2v) is 3.90. The summed E-state index contributed by atoms with van der Waals surface area (Å²) in [5.41, 5.74) is 0.913. The van der Waals surface area contributed by atoms with Gasteiger partial charge in [-0.05, 0) is 17.7 Å². The van der Waals surface area contributed by atoms with Crippen LogP contribution in [0, 0.1) is 5.82 Å². The van der Waals surface area contributed by atoms with Gasteiger partial charge in [-0.15, -0.1) is 6.58 Å². The zero-order valence-electron chi connectivity index (χ0n) is 11.3. The highest BCUT2D eigenvalue weighted by Crippen LogP contribution is 2.15. The highest BCUT2D eigenvalue weighted by molar-refractivity contribution is 5.79. The number of halogens is 1. The molecule has 1 rings (SSSR count). The van der Waals surface area contributed by atoms with Crippen LogP contribution in [0.5, 0.6) is 0 Å². The molecule has 19 heavy (non-hydrogen) atoms. The van der Waals surface area contributed by atoms with Crippen LogP contribution < -0.4 is 10.6 Å². The average molecular weight is 265 g/mol. The number of guanidine groups is 1. The lowest BCUT2D eigenvalue weighted by molar-refractivity contribution is 0.106. The molecule has 0 bridgehead atoms. The van der Waals surface area contributed by atoms with Gasteiger partial charge >= 0.3 is 0 Å². The zero-order chi connectivity index (χ0) is 14.1. The monoisotopic (exact) mass is 265 g/mol. The molecule has 1 atom stereocenters. The van der Waals surface area contributed by atoms with Gasteiger partial charge in [-0.2, -0.15) is 0 Å². The first kappa shape index (κ1) is 15.2. The minimum atomic E-state index is -0.255. The Hall–Kier alpha value is -1.88. The zero-order valence-corrected chi connectivity index (χ0v) is 11.3. The van der Waals surface area contributed by atoms with Crippen molar-refractivity contribution in [2.75, 3.05) is 27.2 Å². The van der Waals surface area contributed by atoms with E-state index in [-0.39, 0.29) is 11.9 Å². The third kappa shape index (κ3) is 5.09. The Morgan fingerprint density at radius 2 is 2.11 bits per heavy atom. The number of hydrogen-bond acceptors (Lipinski definition) is 2. The van der Waals surface area contributed by atoms with Gasteiger partial charge in [-0.3, -0.25) is 4.99 Å². The van der Waals surface area contributed by atoms with Crippen LogP contribution in [0.4, 0.5) is 4.39 Å². The SMILES string of the molecule is C=CCNC(=NC)NCC(OC)c1ccc(F)cc1. The van der Waals surface area contributed by atoms with E-state index in [1.54, 1.807) is 32.4 Å². The third-order valence-corrected chi connectivity index (χ3v) is 2.62. The van der Waals surface area contributed by atoms with E-state index >= 15 is 0 Å². The molecule has 0 spiro atoms.